The molecule has 1 aromatic carbocycles. The Kier molecular flexibility index (Phi) is 2.97. The summed E-state index contributed by atoms with van der Waals surface area (Å²) in [5.74, 6) is -0.372. The molecule has 2 rings (SSSR count). The SMILES string of the molecule is COC(=O)C=Cc1c[nH]c2cc(Cl)ccc12. The minimum Gasteiger partial charge on any atom is -0.466 e. The molecule has 1 aromatic heterocycles. The highest BCUT2D eigenvalue weighted by atomic mass is 35.5. The average Bonchev–Trinajstić information content (AvgIpc) is 2.68. The normalized spacial score (nSPS) is 11.1. The molecule has 0 atom stereocenters. The number of nitrogens with one attached hydrogen (secondary N) is 1. The van der Waals surface area contributed by atoms with Crippen LogP contribution < -0.4 is 0 Å². The van der Waals surface area contributed by atoms with Crippen molar-refractivity contribution in [2.24, 2.45) is 0 Å². The molecular formula is C12H10ClNO2. The predicted octanol–water partition coefficient (Wildman–Crippen LogP) is 3.01. The first-order valence-corrected chi connectivity index (χ1v) is 5.11. The molecule has 82 valence electrons. The molecule has 0 saturated heterocycles. The van der Waals surface area contributed by atoms with Gasteiger partial charge in [-0.25, -0.2) is 4.79 Å². The summed E-state index contributed by atoms with van der Waals surface area (Å²) >= 11 is 5.87. The third kappa shape index (κ3) is 2.09. The number of methoxy groups -OCH3 is 1. The van der Waals surface area contributed by atoms with Crippen molar-refractivity contribution in [1.82, 2.24) is 4.98 Å². The van der Waals surface area contributed by atoms with Crippen molar-refractivity contribution >= 4 is 34.5 Å². The molecule has 0 radical (unpaired) electrons. The Labute approximate surface area is 97.7 Å². The lowest BCUT2D eigenvalue weighted by Crippen LogP contribution is -1.92. The number of ether oxygens (including phenoxy) is 1. The minimum absolute atomic E-state index is 0.372. The number of carbonyl (C=O) groups is 1. The highest BCUT2D eigenvalue weighted by Crippen LogP contribution is 2.22. The molecule has 1 heterocycles. The lowest BCUT2D eigenvalue weighted by molar-refractivity contribution is -0.134. The molecule has 1 N–H and O–H groups in total. The van der Waals surface area contributed by atoms with Crippen LogP contribution in [0.4, 0.5) is 0 Å². The van der Waals surface area contributed by atoms with Crippen LogP contribution in [-0.4, -0.2) is 18.1 Å². The van der Waals surface area contributed by atoms with Crippen molar-refractivity contribution in [2.75, 3.05) is 7.11 Å². The van der Waals surface area contributed by atoms with Gasteiger partial charge in [0.1, 0.15) is 0 Å². The highest BCUT2D eigenvalue weighted by molar-refractivity contribution is 6.31. The van der Waals surface area contributed by atoms with Gasteiger partial charge in [-0.1, -0.05) is 17.7 Å². The van der Waals surface area contributed by atoms with E-state index in [9.17, 15) is 4.79 Å². The second-order valence-corrected chi connectivity index (χ2v) is 3.73. The molecular weight excluding hydrogens is 226 g/mol. The fourth-order valence-corrected chi connectivity index (χ4v) is 1.66. The van der Waals surface area contributed by atoms with Crippen molar-refractivity contribution in [2.45, 2.75) is 0 Å². The van der Waals surface area contributed by atoms with Gasteiger partial charge in [0, 0.05) is 33.8 Å². The van der Waals surface area contributed by atoms with Gasteiger partial charge in [-0.2, -0.15) is 0 Å². The second-order valence-electron chi connectivity index (χ2n) is 3.29. The van der Waals surface area contributed by atoms with E-state index in [-0.39, 0.29) is 5.97 Å². The van der Waals surface area contributed by atoms with Crippen LogP contribution in [0, 0.1) is 0 Å². The van der Waals surface area contributed by atoms with Gasteiger partial charge in [-0.05, 0) is 18.2 Å². The number of benzene rings is 1. The number of halogens is 1. The number of H-pyrrole nitrogens is 1. The van der Waals surface area contributed by atoms with E-state index in [1.165, 1.54) is 13.2 Å². The van der Waals surface area contributed by atoms with Crippen LogP contribution in [0.2, 0.25) is 5.02 Å². The second kappa shape index (κ2) is 4.41. The topological polar surface area (TPSA) is 42.1 Å². The molecule has 0 amide bonds. The molecule has 4 heteroatoms. The number of fused-ring (bicyclic) bond motifs is 1. The summed E-state index contributed by atoms with van der Waals surface area (Å²) < 4.78 is 4.52. The van der Waals surface area contributed by atoms with E-state index in [2.05, 4.69) is 9.72 Å². The van der Waals surface area contributed by atoms with Gasteiger partial charge in [-0.3, -0.25) is 0 Å². The lowest BCUT2D eigenvalue weighted by atomic mass is 10.1. The van der Waals surface area contributed by atoms with Crippen LogP contribution in [0.5, 0.6) is 0 Å². The predicted molar refractivity (Wildman–Crippen MR) is 64.4 cm³/mol. The average molecular weight is 236 g/mol. The number of carbonyl (C=O) groups excluding carboxylic acids is 1. The summed E-state index contributed by atoms with van der Waals surface area (Å²) in [5.41, 5.74) is 1.87. The lowest BCUT2D eigenvalue weighted by Gasteiger charge is -1.93. The Balaban J connectivity index is 2.39. The first-order chi connectivity index (χ1) is 7.70. The zero-order valence-electron chi connectivity index (χ0n) is 8.66. The van der Waals surface area contributed by atoms with E-state index >= 15 is 0 Å². The molecule has 0 unspecified atom stereocenters. The first-order valence-electron chi connectivity index (χ1n) is 4.73. The Hall–Kier alpha value is -1.74. The Morgan fingerprint density at radius 1 is 1.50 bits per heavy atom. The molecule has 0 saturated carbocycles. The molecule has 0 spiro atoms. The third-order valence-corrected chi connectivity index (χ3v) is 2.51. The van der Waals surface area contributed by atoms with Crippen molar-refractivity contribution < 1.29 is 9.53 Å². The fraction of sp³-hybridized carbons (Fsp3) is 0.0833. The van der Waals surface area contributed by atoms with E-state index in [1.54, 1.807) is 6.08 Å². The van der Waals surface area contributed by atoms with E-state index < -0.39 is 0 Å². The van der Waals surface area contributed by atoms with Gasteiger partial charge in [0.05, 0.1) is 7.11 Å². The maximum absolute atomic E-state index is 11.0. The summed E-state index contributed by atoms with van der Waals surface area (Å²) in [6.07, 6.45) is 4.91. The first kappa shape index (κ1) is 10.8. The van der Waals surface area contributed by atoms with E-state index in [0.717, 1.165) is 16.5 Å². The maximum Gasteiger partial charge on any atom is 0.330 e. The molecule has 16 heavy (non-hydrogen) atoms. The third-order valence-electron chi connectivity index (χ3n) is 2.28. The number of hydrogen-bond acceptors (Lipinski definition) is 2. The van der Waals surface area contributed by atoms with Crippen LogP contribution in [0.25, 0.3) is 17.0 Å². The van der Waals surface area contributed by atoms with Gasteiger partial charge in [0.2, 0.25) is 0 Å². The smallest absolute Gasteiger partial charge is 0.330 e. The summed E-state index contributed by atoms with van der Waals surface area (Å²) in [6, 6.07) is 5.56. The fourth-order valence-electron chi connectivity index (χ4n) is 1.48. The van der Waals surface area contributed by atoms with E-state index in [0.29, 0.717) is 5.02 Å². The monoisotopic (exact) mass is 235 g/mol. The zero-order valence-corrected chi connectivity index (χ0v) is 9.41. The van der Waals surface area contributed by atoms with Gasteiger partial charge < -0.3 is 9.72 Å². The summed E-state index contributed by atoms with van der Waals surface area (Å²) in [7, 11) is 1.35. The number of aromatic nitrogens is 1. The number of aromatic amines is 1. The van der Waals surface area contributed by atoms with Gasteiger partial charge in [-0.15, -0.1) is 0 Å². The van der Waals surface area contributed by atoms with Gasteiger partial charge in [0.15, 0.2) is 0 Å². The molecule has 0 bridgehead atoms. The minimum atomic E-state index is -0.372. The Bertz CT molecular complexity index is 557. The molecule has 0 aliphatic rings. The van der Waals surface area contributed by atoms with Gasteiger partial charge in [0.25, 0.3) is 0 Å². The van der Waals surface area contributed by atoms with Crippen molar-refractivity contribution in [3.63, 3.8) is 0 Å². The number of rotatable bonds is 2. The van der Waals surface area contributed by atoms with Crippen molar-refractivity contribution in [3.05, 3.63) is 41.1 Å². The van der Waals surface area contributed by atoms with Crippen LogP contribution in [0.1, 0.15) is 5.56 Å². The standard InChI is InChI=1S/C12H10ClNO2/c1-16-12(15)5-2-8-7-14-11-6-9(13)3-4-10(8)11/h2-7,14H,1H3. The quantitative estimate of drug-likeness (QED) is 0.642. The maximum atomic E-state index is 11.0. The molecule has 0 aliphatic carbocycles. The van der Waals surface area contributed by atoms with Crippen LogP contribution in [0.3, 0.4) is 0 Å². The number of hydrogen-bond donors (Lipinski definition) is 1. The zero-order chi connectivity index (χ0) is 11.5. The van der Waals surface area contributed by atoms with E-state index in [4.69, 9.17) is 11.6 Å². The van der Waals surface area contributed by atoms with Gasteiger partial charge >= 0.3 is 5.97 Å². The molecule has 0 aliphatic heterocycles. The van der Waals surface area contributed by atoms with Crippen LogP contribution in [-0.2, 0) is 9.53 Å². The largest absolute Gasteiger partial charge is 0.466 e. The summed E-state index contributed by atoms with van der Waals surface area (Å²) in [4.78, 5) is 14.0. The molecule has 2 aromatic rings. The Morgan fingerprint density at radius 2 is 2.31 bits per heavy atom. The number of esters is 1. The molecule has 3 nitrogen and oxygen atoms in total. The summed E-state index contributed by atoms with van der Waals surface area (Å²) in [6.45, 7) is 0. The van der Waals surface area contributed by atoms with Crippen LogP contribution >= 0.6 is 11.6 Å². The van der Waals surface area contributed by atoms with E-state index in [1.807, 2.05) is 24.4 Å². The van der Waals surface area contributed by atoms with Crippen molar-refractivity contribution in [3.8, 4) is 0 Å². The van der Waals surface area contributed by atoms with Crippen molar-refractivity contribution in [1.29, 1.82) is 0 Å². The van der Waals surface area contributed by atoms with Crippen LogP contribution in [0.15, 0.2) is 30.5 Å². The Morgan fingerprint density at radius 3 is 3.06 bits per heavy atom. The molecule has 0 fully saturated rings. The summed E-state index contributed by atoms with van der Waals surface area (Å²) in [5, 5.41) is 1.70. The highest BCUT2D eigenvalue weighted by Gasteiger charge is 2.01.